The average Bonchev–Trinajstić information content (AvgIpc) is 1.59. The fourth-order valence-electron chi connectivity index (χ4n) is 12.4. The summed E-state index contributed by atoms with van der Waals surface area (Å²) in [6, 6.07) is 24.0. The lowest BCUT2D eigenvalue weighted by molar-refractivity contribution is -0.438. The number of carbonyl (C=O) groups excluding carboxylic acids is 1. The number of anilines is 1. The number of hydrogen-bond acceptors (Lipinski definition) is 21. The van der Waals surface area contributed by atoms with Crippen molar-refractivity contribution in [3.8, 4) is 0 Å². The van der Waals surface area contributed by atoms with Crippen LogP contribution in [0.5, 0.6) is 0 Å². The van der Waals surface area contributed by atoms with E-state index in [-0.39, 0.29) is 103 Å². The molecule has 1 aliphatic carbocycles. The van der Waals surface area contributed by atoms with Gasteiger partial charge in [0.15, 0.2) is 5.71 Å². The SMILES string of the molecule is CC1(C)C(/C=C/C2=C(SCCC(=O)NC(COC(COCC(O)CO)COCC(O)CO)COC(COCC(O)CO)COCC(O)CO)C(=C/C=C3/N(CCCCS(=O)(=O)O)c4ccc5ccccc5c4C3(C)C)/CCC2)=[N+](CCCCS(=O)(=O)O)c2ccc3ccccc3c21. The summed E-state index contributed by atoms with van der Waals surface area (Å²) < 4.78 is 104. The van der Waals surface area contributed by atoms with E-state index >= 15 is 0 Å². The third-order valence-electron chi connectivity index (χ3n) is 17.2. The quantitative estimate of drug-likeness (QED) is 0.0155. The fourth-order valence-corrected chi connectivity index (χ4v) is 14.8. The first kappa shape index (κ1) is 79.2. The van der Waals surface area contributed by atoms with E-state index in [4.69, 9.17) is 28.4 Å². The number of hydrogen-bond donors (Lipinski definition) is 11. The lowest BCUT2D eigenvalue weighted by Crippen LogP contribution is -2.45. The average molecular weight is 1420 g/mol. The molecule has 1 amide bonds. The standard InChI is InChI=1S/C70H99N3O21S3/c1-69(2)63(72(29-9-11-32-96(83,84)85)61-24-20-48-14-5-7-18-59(48)66(61)69)26-22-50-16-13-17-51(23-27-64-70(3,4)67-60-19-8-6-15-49(60)21-25-62(67)73(64)30-10-12-33-97(86,87)88)68(50)95-31-28-65(82)71-52(38-93-57(44-89-40-53(78)34-74)45-90-41-54(79)35-75)39-94-58(46-91-42-55(80)36-76)47-92-43-56(81)37-77/h5-8,14-15,18-27,52-58,74-81H,9-13,16-17,28-47H2,1-4H3,(H2-,71,82,83,84,85,86,87,88)/p+1. The molecule has 2 aliphatic heterocycles. The smallest absolute Gasteiger partial charge is 0.264 e. The zero-order valence-corrected chi connectivity index (χ0v) is 58.4. The molecule has 4 aromatic rings. The Morgan fingerprint density at radius 3 is 1.64 bits per heavy atom. The number of fused-ring (bicyclic) bond motifs is 6. The van der Waals surface area contributed by atoms with Crippen LogP contribution in [0.15, 0.2) is 119 Å². The van der Waals surface area contributed by atoms with Crippen molar-refractivity contribution in [1.82, 2.24) is 5.32 Å². The summed E-state index contributed by atoms with van der Waals surface area (Å²) in [5, 5.41) is 85.1. The Labute approximate surface area is 573 Å². The fraction of sp³-hybridized carbons (Fsp3) is 0.571. The van der Waals surface area contributed by atoms with Gasteiger partial charge in [0.1, 0.15) is 43.2 Å². The molecule has 0 spiro atoms. The van der Waals surface area contributed by atoms with E-state index in [1.807, 2.05) is 24.3 Å². The lowest BCUT2D eigenvalue weighted by Gasteiger charge is -2.28. The van der Waals surface area contributed by atoms with E-state index in [1.165, 1.54) is 11.8 Å². The number of allylic oxidation sites excluding steroid dienone is 7. The molecule has 27 heteroatoms. The Morgan fingerprint density at radius 1 is 0.608 bits per heavy atom. The van der Waals surface area contributed by atoms with Crippen LogP contribution in [0.2, 0.25) is 0 Å². The first-order valence-corrected chi connectivity index (χ1v) is 37.3. The number of carbonyl (C=O) groups is 1. The third kappa shape index (κ3) is 23.5. The topological polar surface area (TPSA) is 361 Å². The van der Waals surface area contributed by atoms with E-state index in [9.17, 15) is 71.6 Å². The molecule has 0 saturated carbocycles. The summed E-state index contributed by atoms with van der Waals surface area (Å²) in [5.74, 6) is -0.817. The van der Waals surface area contributed by atoms with Crippen LogP contribution in [0.1, 0.15) is 90.2 Å². The first-order chi connectivity index (χ1) is 46.3. The van der Waals surface area contributed by atoms with Crippen LogP contribution in [0.4, 0.5) is 11.4 Å². The van der Waals surface area contributed by atoms with Gasteiger partial charge in [0.2, 0.25) is 11.6 Å². The molecular formula is C70H100N3O21S3+. The van der Waals surface area contributed by atoms with E-state index < -0.39 is 100 Å². The molecule has 97 heavy (non-hydrogen) atoms. The minimum Gasteiger partial charge on any atom is -0.394 e. The number of benzene rings is 4. The van der Waals surface area contributed by atoms with Crippen LogP contribution in [-0.4, -0.2) is 248 Å². The Hall–Kier alpha value is -5.09. The Bertz CT molecular complexity index is 3540. The number of aliphatic hydroxyl groups is 8. The Morgan fingerprint density at radius 2 is 1.11 bits per heavy atom. The van der Waals surface area contributed by atoms with Crippen LogP contribution in [0, 0.1) is 0 Å². The van der Waals surface area contributed by atoms with Crippen LogP contribution in [0.25, 0.3) is 21.5 Å². The Balaban J connectivity index is 1.25. The summed E-state index contributed by atoms with van der Waals surface area (Å²) in [4.78, 5) is 17.7. The summed E-state index contributed by atoms with van der Waals surface area (Å²) in [6.45, 7) is 5.47. The molecule has 4 aromatic carbocycles. The molecule has 24 nitrogen and oxygen atoms in total. The predicted octanol–water partition coefficient (Wildman–Crippen LogP) is 5.17. The number of unbranched alkanes of at least 4 members (excludes halogenated alkanes) is 2. The van der Waals surface area contributed by atoms with Crippen molar-refractivity contribution in [1.29, 1.82) is 0 Å². The maximum atomic E-state index is 14.5. The third-order valence-corrected chi connectivity index (χ3v) is 20.1. The number of nitrogens with one attached hydrogen (secondary N) is 1. The highest BCUT2D eigenvalue weighted by Gasteiger charge is 2.46. The molecule has 2 heterocycles. The highest BCUT2D eigenvalue weighted by molar-refractivity contribution is 8.03. The van der Waals surface area contributed by atoms with Crippen molar-refractivity contribution in [3.05, 3.63) is 130 Å². The van der Waals surface area contributed by atoms with Crippen LogP contribution < -0.4 is 10.2 Å². The van der Waals surface area contributed by atoms with Gasteiger partial charge in [-0.1, -0.05) is 80.6 Å². The van der Waals surface area contributed by atoms with Crippen molar-refractivity contribution >= 4 is 76.5 Å². The van der Waals surface area contributed by atoms with E-state index in [0.717, 1.165) is 77.9 Å². The zero-order valence-electron chi connectivity index (χ0n) is 56.0. The number of nitrogens with zero attached hydrogens (tertiary/aromatic N) is 2. The maximum absolute atomic E-state index is 14.5. The number of aliphatic hydroxyl groups excluding tert-OH is 8. The van der Waals surface area contributed by atoms with Crippen molar-refractivity contribution in [2.75, 3.05) is 128 Å². The molecule has 0 radical (unpaired) electrons. The highest BCUT2D eigenvalue weighted by atomic mass is 32.2. The molecule has 0 fully saturated rings. The van der Waals surface area contributed by atoms with Crippen molar-refractivity contribution < 1.29 is 105 Å². The van der Waals surface area contributed by atoms with Gasteiger partial charge in [-0.25, -0.2) is 0 Å². The van der Waals surface area contributed by atoms with Gasteiger partial charge in [-0.15, -0.1) is 11.8 Å². The van der Waals surface area contributed by atoms with Gasteiger partial charge >= 0.3 is 0 Å². The lowest BCUT2D eigenvalue weighted by atomic mass is 9.78. The summed E-state index contributed by atoms with van der Waals surface area (Å²) in [6.07, 6.45) is 5.78. The molecule has 4 atom stereocenters. The molecular weight excluding hydrogens is 1310 g/mol. The predicted molar refractivity (Wildman–Crippen MR) is 373 cm³/mol. The second-order valence-electron chi connectivity index (χ2n) is 25.8. The first-order valence-electron chi connectivity index (χ1n) is 33.1. The summed E-state index contributed by atoms with van der Waals surface area (Å²) >= 11 is 1.53. The van der Waals surface area contributed by atoms with Crippen molar-refractivity contribution in [3.63, 3.8) is 0 Å². The molecule has 4 unspecified atom stereocenters. The molecule has 3 aliphatic rings. The minimum atomic E-state index is -4.18. The summed E-state index contributed by atoms with van der Waals surface area (Å²) in [5.41, 5.74) is 7.27. The zero-order chi connectivity index (χ0) is 70.3. The normalized spacial score (nSPS) is 18.7. The maximum Gasteiger partial charge on any atom is 0.264 e. The van der Waals surface area contributed by atoms with Gasteiger partial charge in [-0.3, -0.25) is 13.9 Å². The molecule has 0 aromatic heterocycles. The molecule has 7 rings (SSSR count). The van der Waals surface area contributed by atoms with Crippen LogP contribution >= 0.6 is 11.8 Å². The molecule has 538 valence electrons. The van der Waals surface area contributed by atoms with Crippen LogP contribution in [-0.2, 0) is 64.3 Å². The van der Waals surface area contributed by atoms with Gasteiger partial charge in [0.25, 0.3) is 20.2 Å². The van der Waals surface area contributed by atoms with E-state index in [2.05, 4.69) is 115 Å². The number of amides is 1. The number of ether oxygens (including phenoxy) is 6. The summed E-state index contributed by atoms with van der Waals surface area (Å²) in [7, 11) is -8.36. The second kappa shape index (κ2) is 38.1. The van der Waals surface area contributed by atoms with Gasteiger partial charge in [0.05, 0.1) is 115 Å². The van der Waals surface area contributed by atoms with Gasteiger partial charge in [-0.05, 0) is 109 Å². The van der Waals surface area contributed by atoms with Gasteiger partial charge in [0, 0.05) is 64.5 Å². The van der Waals surface area contributed by atoms with E-state index in [1.54, 1.807) is 0 Å². The van der Waals surface area contributed by atoms with E-state index in [0.29, 0.717) is 44.5 Å². The van der Waals surface area contributed by atoms with Gasteiger partial charge < -0.3 is 79.5 Å². The molecule has 0 bridgehead atoms. The number of rotatable bonds is 44. The van der Waals surface area contributed by atoms with Crippen LogP contribution in [0.3, 0.4) is 0 Å². The van der Waals surface area contributed by atoms with Gasteiger partial charge in [-0.2, -0.15) is 21.4 Å². The molecule has 0 saturated heterocycles. The highest BCUT2D eigenvalue weighted by Crippen LogP contribution is 2.51. The van der Waals surface area contributed by atoms with Crippen molar-refractivity contribution in [2.45, 2.75) is 133 Å². The van der Waals surface area contributed by atoms with Crippen molar-refractivity contribution in [2.24, 2.45) is 0 Å². The monoisotopic (exact) mass is 1410 g/mol. The number of thioether (sulfide) groups is 1. The molecule has 11 N–H and O–H groups in total. The second-order valence-corrected chi connectivity index (χ2v) is 30.1. The minimum absolute atomic E-state index is 0.00555. The Kier molecular flexibility index (Phi) is 31.1. The largest absolute Gasteiger partial charge is 0.394 e.